The van der Waals surface area contributed by atoms with Crippen molar-refractivity contribution >= 4 is 0 Å². The molecule has 15 heavy (non-hydrogen) atoms. The van der Waals surface area contributed by atoms with Gasteiger partial charge in [-0.05, 0) is 19.1 Å². The van der Waals surface area contributed by atoms with E-state index in [0.717, 1.165) is 5.56 Å². The SMILES string of the molecule is Cc1ccc(F)c(-c2cnc(=O)[nH]c2)c1. The summed E-state index contributed by atoms with van der Waals surface area (Å²) in [6, 6.07) is 4.80. The zero-order chi connectivity index (χ0) is 10.8. The number of halogens is 1. The van der Waals surface area contributed by atoms with E-state index in [1.807, 2.05) is 6.92 Å². The van der Waals surface area contributed by atoms with Crippen LogP contribution in [0, 0.1) is 12.7 Å². The second-order valence-corrected chi connectivity index (χ2v) is 3.29. The van der Waals surface area contributed by atoms with Crippen molar-refractivity contribution in [3.63, 3.8) is 0 Å². The maximum absolute atomic E-state index is 13.4. The van der Waals surface area contributed by atoms with Crippen LogP contribution in [0.3, 0.4) is 0 Å². The fourth-order valence-corrected chi connectivity index (χ4v) is 1.35. The van der Waals surface area contributed by atoms with Crippen molar-refractivity contribution in [2.45, 2.75) is 6.92 Å². The third-order valence-corrected chi connectivity index (χ3v) is 2.10. The van der Waals surface area contributed by atoms with Gasteiger partial charge in [0.05, 0.1) is 0 Å². The number of aromatic amines is 1. The van der Waals surface area contributed by atoms with Gasteiger partial charge < -0.3 is 4.98 Å². The lowest BCUT2D eigenvalue weighted by molar-refractivity contribution is 0.630. The van der Waals surface area contributed by atoms with Crippen molar-refractivity contribution in [1.82, 2.24) is 9.97 Å². The number of nitrogens with zero attached hydrogens (tertiary/aromatic N) is 1. The molecule has 2 rings (SSSR count). The Balaban J connectivity index is 2.58. The van der Waals surface area contributed by atoms with Crippen molar-refractivity contribution in [1.29, 1.82) is 0 Å². The van der Waals surface area contributed by atoms with Crippen molar-refractivity contribution in [3.05, 3.63) is 52.5 Å². The molecule has 1 aromatic carbocycles. The molecule has 0 spiro atoms. The predicted octanol–water partition coefficient (Wildman–Crippen LogP) is 1.88. The minimum Gasteiger partial charge on any atom is -0.312 e. The van der Waals surface area contributed by atoms with Crippen LogP contribution in [0.2, 0.25) is 0 Å². The zero-order valence-corrected chi connectivity index (χ0v) is 8.12. The first kappa shape index (κ1) is 9.58. The van der Waals surface area contributed by atoms with Gasteiger partial charge in [-0.25, -0.2) is 14.2 Å². The first-order valence-corrected chi connectivity index (χ1v) is 4.48. The number of aromatic nitrogens is 2. The van der Waals surface area contributed by atoms with E-state index >= 15 is 0 Å². The Morgan fingerprint density at radius 1 is 1.40 bits per heavy atom. The van der Waals surface area contributed by atoms with Crippen LogP contribution in [0.15, 0.2) is 35.4 Å². The van der Waals surface area contributed by atoms with Gasteiger partial charge in [0.2, 0.25) is 0 Å². The maximum atomic E-state index is 13.4. The molecule has 0 bridgehead atoms. The Morgan fingerprint density at radius 2 is 2.20 bits per heavy atom. The number of aryl methyl sites for hydroxylation is 1. The average Bonchev–Trinajstić information content (AvgIpc) is 2.23. The van der Waals surface area contributed by atoms with Crippen LogP contribution in [-0.4, -0.2) is 9.97 Å². The van der Waals surface area contributed by atoms with Gasteiger partial charge in [-0.2, -0.15) is 0 Å². The van der Waals surface area contributed by atoms with Crippen molar-refractivity contribution < 1.29 is 4.39 Å². The van der Waals surface area contributed by atoms with Crippen LogP contribution in [0.25, 0.3) is 11.1 Å². The molecule has 76 valence electrons. The number of H-pyrrole nitrogens is 1. The third kappa shape index (κ3) is 1.93. The summed E-state index contributed by atoms with van der Waals surface area (Å²) in [6.07, 6.45) is 2.81. The first-order chi connectivity index (χ1) is 7.16. The molecule has 1 aromatic heterocycles. The van der Waals surface area contributed by atoms with Gasteiger partial charge in [0.15, 0.2) is 0 Å². The fraction of sp³-hybridized carbons (Fsp3) is 0.0909. The zero-order valence-electron chi connectivity index (χ0n) is 8.12. The Bertz CT molecular complexity index is 528. The van der Waals surface area contributed by atoms with E-state index in [9.17, 15) is 9.18 Å². The number of nitrogens with one attached hydrogen (secondary N) is 1. The highest BCUT2D eigenvalue weighted by Crippen LogP contribution is 2.21. The molecule has 2 aromatic rings. The molecule has 0 aliphatic heterocycles. The van der Waals surface area contributed by atoms with Crippen molar-refractivity contribution in [2.24, 2.45) is 0 Å². The van der Waals surface area contributed by atoms with E-state index in [1.54, 1.807) is 12.1 Å². The molecule has 1 N–H and O–H groups in total. The second kappa shape index (κ2) is 3.65. The summed E-state index contributed by atoms with van der Waals surface area (Å²) in [5.41, 5.74) is 1.53. The summed E-state index contributed by atoms with van der Waals surface area (Å²) in [7, 11) is 0. The molecule has 0 aliphatic rings. The number of hydrogen-bond acceptors (Lipinski definition) is 2. The molecule has 4 heteroatoms. The molecule has 0 aliphatic carbocycles. The van der Waals surface area contributed by atoms with Gasteiger partial charge in [-0.3, -0.25) is 0 Å². The normalized spacial score (nSPS) is 10.3. The molecular weight excluding hydrogens is 195 g/mol. The van der Waals surface area contributed by atoms with Gasteiger partial charge in [0.25, 0.3) is 0 Å². The average molecular weight is 204 g/mol. The van der Waals surface area contributed by atoms with E-state index in [4.69, 9.17) is 0 Å². The summed E-state index contributed by atoms with van der Waals surface area (Å²) in [5, 5.41) is 0. The summed E-state index contributed by atoms with van der Waals surface area (Å²) in [5.74, 6) is -0.325. The summed E-state index contributed by atoms with van der Waals surface area (Å²) in [4.78, 5) is 16.7. The molecule has 0 saturated heterocycles. The summed E-state index contributed by atoms with van der Waals surface area (Å²) < 4.78 is 13.4. The Hall–Kier alpha value is -1.97. The second-order valence-electron chi connectivity index (χ2n) is 3.29. The smallest absolute Gasteiger partial charge is 0.312 e. The van der Waals surface area contributed by atoms with Crippen LogP contribution in [0.4, 0.5) is 4.39 Å². The van der Waals surface area contributed by atoms with Gasteiger partial charge in [0, 0.05) is 23.5 Å². The molecule has 0 amide bonds. The summed E-state index contributed by atoms with van der Waals surface area (Å²) >= 11 is 0. The monoisotopic (exact) mass is 204 g/mol. The van der Waals surface area contributed by atoms with Crippen molar-refractivity contribution in [2.75, 3.05) is 0 Å². The molecular formula is C11H9FN2O. The largest absolute Gasteiger partial charge is 0.344 e. The van der Waals surface area contributed by atoms with Gasteiger partial charge in [-0.15, -0.1) is 0 Å². The molecule has 1 heterocycles. The highest BCUT2D eigenvalue weighted by Gasteiger charge is 2.05. The topological polar surface area (TPSA) is 45.8 Å². The van der Waals surface area contributed by atoms with Crippen molar-refractivity contribution in [3.8, 4) is 11.1 Å². The Kier molecular flexibility index (Phi) is 2.33. The maximum Gasteiger partial charge on any atom is 0.344 e. The van der Waals surface area contributed by atoms with Crippen LogP contribution < -0.4 is 5.69 Å². The highest BCUT2D eigenvalue weighted by molar-refractivity contribution is 5.62. The van der Waals surface area contributed by atoms with E-state index < -0.39 is 5.69 Å². The van der Waals surface area contributed by atoms with E-state index in [-0.39, 0.29) is 5.82 Å². The van der Waals surface area contributed by atoms with Crippen LogP contribution >= 0.6 is 0 Å². The standard InChI is InChI=1S/C11H9FN2O/c1-7-2-3-10(12)9(4-7)8-5-13-11(15)14-6-8/h2-6H,1H3,(H,13,14,15). The van der Waals surface area contributed by atoms with E-state index in [1.165, 1.54) is 18.5 Å². The lowest BCUT2D eigenvalue weighted by atomic mass is 10.1. The van der Waals surface area contributed by atoms with Crippen LogP contribution in [0.1, 0.15) is 5.56 Å². The molecule has 0 atom stereocenters. The molecule has 3 nitrogen and oxygen atoms in total. The number of rotatable bonds is 1. The number of benzene rings is 1. The fourth-order valence-electron chi connectivity index (χ4n) is 1.35. The van der Waals surface area contributed by atoms with Crippen LogP contribution in [-0.2, 0) is 0 Å². The highest BCUT2D eigenvalue weighted by atomic mass is 19.1. The lowest BCUT2D eigenvalue weighted by Gasteiger charge is -2.03. The first-order valence-electron chi connectivity index (χ1n) is 4.48. The molecule has 0 fully saturated rings. The van der Waals surface area contributed by atoms with Gasteiger partial charge in [0.1, 0.15) is 5.82 Å². The van der Waals surface area contributed by atoms with E-state index in [2.05, 4.69) is 9.97 Å². The van der Waals surface area contributed by atoms with Crippen LogP contribution in [0.5, 0.6) is 0 Å². The molecule has 0 radical (unpaired) electrons. The predicted molar refractivity (Wildman–Crippen MR) is 55.0 cm³/mol. The van der Waals surface area contributed by atoms with Gasteiger partial charge >= 0.3 is 5.69 Å². The minimum atomic E-state index is -0.438. The number of hydrogen-bond donors (Lipinski definition) is 1. The quantitative estimate of drug-likeness (QED) is 0.770. The third-order valence-electron chi connectivity index (χ3n) is 2.10. The Labute approximate surface area is 85.6 Å². The lowest BCUT2D eigenvalue weighted by Crippen LogP contribution is -2.08. The minimum absolute atomic E-state index is 0.325. The molecule has 0 saturated carbocycles. The Morgan fingerprint density at radius 3 is 2.87 bits per heavy atom. The summed E-state index contributed by atoms with van der Waals surface area (Å²) in [6.45, 7) is 1.88. The van der Waals surface area contributed by atoms with Gasteiger partial charge in [-0.1, -0.05) is 11.6 Å². The molecule has 0 unspecified atom stereocenters. The van der Waals surface area contributed by atoms with E-state index in [0.29, 0.717) is 11.1 Å².